The van der Waals surface area contributed by atoms with Gasteiger partial charge < -0.3 is 20.1 Å². The first kappa shape index (κ1) is 17.5. The van der Waals surface area contributed by atoms with Crippen molar-refractivity contribution >= 4 is 0 Å². The number of aromatic hydroxyl groups is 3. The lowest BCUT2D eigenvalue weighted by molar-refractivity contribution is 0.0830. The summed E-state index contributed by atoms with van der Waals surface area (Å²) in [6.07, 6.45) is 2.96. The van der Waals surface area contributed by atoms with E-state index in [0.717, 1.165) is 46.4 Å². The van der Waals surface area contributed by atoms with Crippen LogP contribution in [-0.2, 0) is 19.3 Å². The van der Waals surface area contributed by atoms with Gasteiger partial charge in [-0.15, -0.1) is 0 Å². The first-order valence-electron chi connectivity index (χ1n) is 8.73. The van der Waals surface area contributed by atoms with Crippen LogP contribution in [-0.4, -0.2) is 20.9 Å². The highest BCUT2D eigenvalue weighted by atomic mass is 16.5. The van der Waals surface area contributed by atoms with Gasteiger partial charge in [0.1, 0.15) is 28.6 Å². The van der Waals surface area contributed by atoms with E-state index in [2.05, 4.69) is 13.8 Å². The highest BCUT2D eigenvalue weighted by Gasteiger charge is 2.31. The molecular weight excluding hydrogens is 316 g/mol. The number of aryl methyl sites for hydroxylation is 1. The third-order valence-corrected chi connectivity index (χ3v) is 5.25. The lowest BCUT2D eigenvalue weighted by Crippen LogP contribution is -2.33. The monoisotopic (exact) mass is 342 g/mol. The van der Waals surface area contributed by atoms with E-state index in [1.54, 1.807) is 12.1 Å². The van der Waals surface area contributed by atoms with Gasteiger partial charge in [-0.3, -0.25) is 0 Å². The largest absolute Gasteiger partial charge is 0.508 e. The van der Waals surface area contributed by atoms with Crippen LogP contribution in [0.5, 0.6) is 23.0 Å². The molecule has 0 saturated carbocycles. The Bertz CT molecular complexity index is 821. The molecule has 1 heterocycles. The summed E-state index contributed by atoms with van der Waals surface area (Å²) in [5.41, 5.74) is 4.38. The summed E-state index contributed by atoms with van der Waals surface area (Å²) in [4.78, 5) is 0. The van der Waals surface area contributed by atoms with Crippen LogP contribution in [0.15, 0.2) is 18.2 Å². The second kappa shape index (κ2) is 6.17. The summed E-state index contributed by atoms with van der Waals surface area (Å²) in [6, 6.07) is 4.63. The zero-order valence-corrected chi connectivity index (χ0v) is 15.3. The number of hydrogen-bond donors (Lipinski definition) is 3. The van der Waals surface area contributed by atoms with Gasteiger partial charge in [-0.2, -0.15) is 0 Å². The van der Waals surface area contributed by atoms with Gasteiger partial charge in [0.05, 0.1) is 0 Å². The molecule has 4 nitrogen and oxygen atoms in total. The van der Waals surface area contributed by atoms with Crippen molar-refractivity contribution in [3.05, 3.63) is 46.0 Å². The molecule has 0 fully saturated rings. The summed E-state index contributed by atoms with van der Waals surface area (Å²) in [5, 5.41) is 30.1. The maximum Gasteiger partial charge on any atom is 0.127 e. The first-order valence-corrected chi connectivity index (χ1v) is 8.73. The molecule has 0 radical (unpaired) electrons. The third kappa shape index (κ3) is 3.26. The second-order valence-corrected chi connectivity index (χ2v) is 7.56. The normalized spacial score (nSPS) is 15.5. The van der Waals surface area contributed by atoms with E-state index in [0.29, 0.717) is 18.6 Å². The van der Waals surface area contributed by atoms with Gasteiger partial charge in [-0.05, 0) is 76.1 Å². The number of ether oxygens (including phenoxy) is 1. The van der Waals surface area contributed by atoms with Gasteiger partial charge in [0.2, 0.25) is 0 Å². The van der Waals surface area contributed by atoms with Crippen LogP contribution in [0.3, 0.4) is 0 Å². The zero-order valence-electron chi connectivity index (χ0n) is 15.3. The molecule has 3 N–H and O–H groups in total. The first-order chi connectivity index (χ1) is 11.7. The molecular formula is C21H26O4. The standard InChI is InChI=1S/C21H26O4/c1-12-13(2)20-17(9-10-21(3,4)25-20)16(19(12)24)8-6-14-5-7-15(22)11-18(14)23/h5,7,11,22-24H,6,8-10H2,1-4H3. The Morgan fingerprint density at radius 2 is 1.76 bits per heavy atom. The molecule has 0 amide bonds. The van der Waals surface area contributed by atoms with Crippen molar-refractivity contribution in [2.45, 2.75) is 59.0 Å². The van der Waals surface area contributed by atoms with Gasteiger partial charge in [0.25, 0.3) is 0 Å². The quantitative estimate of drug-likeness (QED) is 0.777. The SMILES string of the molecule is Cc1c(C)c2c(c(CCc3ccc(O)cc3O)c1O)CCC(C)(C)O2. The number of phenolic OH excluding ortho intramolecular Hbond substituents is 3. The molecule has 2 aromatic rings. The van der Waals surface area contributed by atoms with E-state index >= 15 is 0 Å². The summed E-state index contributed by atoms with van der Waals surface area (Å²) in [7, 11) is 0. The molecule has 2 aromatic carbocycles. The summed E-state index contributed by atoms with van der Waals surface area (Å²) >= 11 is 0. The van der Waals surface area contributed by atoms with Crippen LogP contribution in [0, 0.1) is 13.8 Å². The Morgan fingerprint density at radius 1 is 1.04 bits per heavy atom. The molecule has 134 valence electrons. The molecule has 3 rings (SSSR count). The van der Waals surface area contributed by atoms with Crippen LogP contribution in [0.25, 0.3) is 0 Å². The van der Waals surface area contributed by atoms with E-state index in [1.807, 2.05) is 13.8 Å². The van der Waals surface area contributed by atoms with Crippen molar-refractivity contribution in [2.75, 3.05) is 0 Å². The average molecular weight is 342 g/mol. The fourth-order valence-corrected chi connectivity index (χ4v) is 3.53. The molecule has 0 unspecified atom stereocenters. The van der Waals surface area contributed by atoms with Crippen LogP contribution >= 0.6 is 0 Å². The topological polar surface area (TPSA) is 69.9 Å². The van der Waals surface area contributed by atoms with Gasteiger partial charge in [-0.1, -0.05) is 6.07 Å². The zero-order chi connectivity index (χ0) is 18.4. The Balaban J connectivity index is 1.97. The summed E-state index contributed by atoms with van der Waals surface area (Å²) in [6.45, 7) is 8.08. The van der Waals surface area contributed by atoms with E-state index in [-0.39, 0.29) is 17.1 Å². The minimum absolute atomic E-state index is 0.0447. The average Bonchev–Trinajstić information content (AvgIpc) is 2.54. The number of hydrogen-bond acceptors (Lipinski definition) is 4. The van der Waals surface area contributed by atoms with E-state index in [1.165, 1.54) is 6.07 Å². The molecule has 25 heavy (non-hydrogen) atoms. The fraction of sp³-hybridized carbons (Fsp3) is 0.429. The molecule has 4 heteroatoms. The summed E-state index contributed by atoms with van der Waals surface area (Å²) < 4.78 is 6.22. The molecule has 0 aliphatic carbocycles. The molecule has 0 atom stereocenters. The van der Waals surface area contributed by atoms with Crippen molar-refractivity contribution in [2.24, 2.45) is 0 Å². The minimum Gasteiger partial charge on any atom is -0.508 e. The second-order valence-electron chi connectivity index (χ2n) is 7.56. The van der Waals surface area contributed by atoms with Crippen molar-refractivity contribution in [1.29, 1.82) is 0 Å². The molecule has 0 saturated heterocycles. The smallest absolute Gasteiger partial charge is 0.127 e. The van der Waals surface area contributed by atoms with Crippen LogP contribution < -0.4 is 4.74 Å². The van der Waals surface area contributed by atoms with Crippen molar-refractivity contribution in [3.63, 3.8) is 0 Å². The Labute approximate surface area is 148 Å². The van der Waals surface area contributed by atoms with E-state index in [4.69, 9.17) is 4.74 Å². The number of rotatable bonds is 3. The van der Waals surface area contributed by atoms with Gasteiger partial charge in [0, 0.05) is 17.2 Å². The van der Waals surface area contributed by atoms with Crippen molar-refractivity contribution < 1.29 is 20.1 Å². The molecule has 1 aliphatic rings. The molecule has 0 bridgehead atoms. The highest BCUT2D eigenvalue weighted by Crippen LogP contribution is 2.44. The van der Waals surface area contributed by atoms with Gasteiger partial charge in [-0.25, -0.2) is 0 Å². The van der Waals surface area contributed by atoms with Crippen LogP contribution in [0.2, 0.25) is 0 Å². The van der Waals surface area contributed by atoms with Crippen LogP contribution in [0.4, 0.5) is 0 Å². The van der Waals surface area contributed by atoms with Gasteiger partial charge >= 0.3 is 0 Å². The Morgan fingerprint density at radius 3 is 2.44 bits per heavy atom. The maximum atomic E-state index is 10.7. The predicted octanol–water partition coefficient (Wildman–Crippen LogP) is 4.31. The number of phenols is 3. The van der Waals surface area contributed by atoms with Crippen molar-refractivity contribution in [1.82, 2.24) is 0 Å². The molecule has 0 spiro atoms. The minimum atomic E-state index is -0.201. The lowest BCUT2D eigenvalue weighted by atomic mass is 9.85. The molecule has 0 aromatic heterocycles. The Kier molecular flexibility index (Phi) is 4.31. The lowest BCUT2D eigenvalue weighted by Gasteiger charge is -2.35. The summed E-state index contributed by atoms with van der Waals surface area (Å²) in [5.74, 6) is 1.35. The molecule has 1 aliphatic heterocycles. The number of benzene rings is 2. The third-order valence-electron chi connectivity index (χ3n) is 5.25. The number of fused-ring (bicyclic) bond motifs is 1. The van der Waals surface area contributed by atoms with Gasteiger partial charge in [0.15, 0.2) is 0 Å². The fourth-order valence-electron chi connectivity index (χ4n) is 3.53. The highest BCUT2D eigenvalue weighted by molar-refractivity contribution is 5.59. The Hall–Kier alpha value is -2.36. The van der Waals surface area contributed by atoms with E-state index in [9.17, 15) is 15.3 Å². The maximum absolute atomic E-state index is 10.7. The van der Waals surface area contributed by atoms with E-state index < -0.39 is 0 Å². The van der Waals surface area contributed by atoms with Crippen molar-refractivity contribution in [3.8, 4) is 23.0 Å². The van der Waals surface area contributed by atoms with Crippen LogP contribution in [0.1, 0.15) is 48.1 Å². The predicted molar refractivity (Wildman–Crippen MR) is 97.8 cm³/mol.